The van der Waals surface area contributed by atoms with Crippen molar-refractivity contribution in [1.29, 1.82) is 0 Å². The molecule has 3 aromatic rings. The molecule has 0 saturated carbocycles. The molecule has 0 radical (unpaired) electrons. The number of nitrogens with one attached hydrogen (secondary N) is 2. The fourth-order valence-electron chi connectivity index (χ4n) is 2.62. The van der Waals surface area contributed by atoms with Gasteiger partial charge in [0.2, 0.25) is 0 Å². The summed E-state index contributed by atoms with van der Waals surface area (Å²) in [6, 6.07) is 9.64. The molecule has 0 bridgehead atoms. The van der Waals surface area contributed by atoms with Crippen LogP contribution in [0.1, 0.15) is 22.5 Å². The number of nitrogens with zero attached hydrogens (tertiary/aromatic N) is 3. The van der Waals surface area contributed by atoms with Gasteiger partial charge in [0.25, 0.3) is 5.91 Å². The second-order valence-electron chi connectivity index (χ2n) is 5.74. The molecule has 0 fully saturated rings. The van der Waals surface area contributed by atoms with Crippen LogP contribution in [0.4, 0.5) is 0 Å². The van der Waals surface area contributed by atoms with Gasteiger partial charge >= 0.3 is 0 Å². The van der Waals surface area contributed by atoms with Gasteiger partial charge in [-0.25, -0.2) is 0 Å². The number of hydrogen-bond donors (Lipinski definition) is 2. The predicted octanol–water partition coefficient (Wildman–Crippen LogP) is 2.18. The summed E-state index contributed by atoms with van der Waals surface area (Å²) in [7, 11) is 3.50. The van der Waals surface area contributed by atoms with Gasteiger partial charge in [0.1, 0.15) is 11.4 Å². The highest BCUT2D eigenvalue weighted by Crippen LogP contribution is 2.19. The van der Waals surface area contributed by atoms with Crippen LogP contribution < -0.4 is 10.1 Å². The van der Waals surface area contributed by atoms with Crippen molar-refractivity contribution in [2.24, 2.45) is 7.05 Å². The minimum atomic E-state index is -0.164. The number of H-pyrrole nitrogens is 1. The summed E-state index contributed by atoms with van der Waals surface area (Å²) < 4.78 is 7.03. The van der Waals surface area contributed by atoms with Crippen LogP contribution in [-0.4, -0.2) is 39.5 Å². The van der Waals surface area contributed by atoms with E-state index in [4.69, 9.17) is 4.74 Å². The molecule has 0 unspecified atom stereocenters. The molecule has 7 heteroatoms. The SMILES string of the molecule is COc1ccccc1CCCNC(=O)c1cc(-c2cnn(C)c2)n[nH]1. The Morgan fingerprint density at radius 1 is 1.36 bits per heavy atom. The highest BCUT2D eigenvalue weighted by Gasteiger charge is 2.11. The van der Waals surface area contributed by atoms with Crippen molar-refractivity contribution < 1.29 is 9.53 Å². The van der Waals surface area contributed by atoms with Crippen molar-refractivity contribution in [3.63, 3.8) is 0 Å². The van der Waals surface area contributed by atoms with Crippen LogP contribution in [0.2, 0.25) is 0 Å². The molecule has 25 heavy (non-hydrogen) atoms. The lowest BCUT2D eigenvalue weighted by Crippen LogP contribution is -2.25. The molecule has 0 aliphatic heterocycles. The Bertz CT molecular complexity index is 853. The van der Waals surface area contributed by atoms with Crippen LogP contribution in [0.25, 0.3) is 11.3 Å². The average Bonchev–Trinajstić information content (AvgIpc) is 3.28. The molecule has 7 nitrogen and oxygen atoms in total. The van der Waals surface area contributed by atoms with Gasteiger partial charge in [-0.3, -0.25) is 14.6 Å². The van der Waals surface area contributed by atoms with Crippen molar-refractivity contribution in [3.8, 4) is 17.0 Å². The van der Waals surface area contributed by atoms with Crippen molar-refractivity contribution in [2.75, 3.05) is 13.7 Å². The fraction of sp³-hybridized carbons (Fsp3) is 0.278. The average molecular weight is 339 g/mol. The molecular weight excluding hydrogens is 318 g/mol. The summed E-state index contributed by atoms with van der Waals surface area (Å²) in [4.78, 5) is 12.2. The van der Waals surface area contributed by atoms with Crippen LogP contribution in [0.5, 0.6) is 5.75 Å². The first-order valence-electron chi connectivity index (χ1n) is 8.12. The molecule has 0 aliphatic rings. The maximum Gasteiger partial charge on any atom is 0.269 e. The number of amides is 1. The Morgan fingerprint density at radius 2 is 2.20 bits per heavy atom. The molecule has 0 atom stereocenters. The van der Waals surface area contributed by atoms with Crippen LogP contribution in [0.15, 0.2) is 42.7 Å². The summed E-state index contributed by atoms with van der Waals surface area (Å²) in [5, 5.41) is 13.9. The highest BCUT2D eigenvalue weighted by molar-refractivity contribution is 5.93. The second kappa shape index (κ2) is 7.65. The number of benzene rings is 1. The van der Waals surface area contributed by atoms with Crippen LogP contribution in [0, 0.1) is 0 Å². The maximum atomic E-state index is 12.2. The Morgan fingerprint density at radius 3 is 2.96 bits per heavy atom. The Labute approximate surface area is 146 Å². The normalized spacial score (nSPS) is 10.6. The zero-order valence-electron chi connectivity index (χ0n) is 14.3. The van der Waals surface area contributed by atoms with Crippen molar-refractivity contribution in [1.82, 2.24) is 25.3 Å². The number of methoxy groups -OCH3 is 1. The van der Waals surface area contributed by atoms with E-state index in [0.717, 1.165) is 29.7 Å². The number of aromatic nitrogens is 4. The van der Waals surface area contributed by atoms with Crippen LogP contribution >= 0.6 is 0 Å². The molecule has 3 rings (SSSR count). The summed E-state index contributed by atoms with van der Waals surface area (Å²) >= 11 is 0. The van der Waals surface area contributed by atoms with E-state index in [1.807, 2.05) is 37.5 Å². The smallest absolute Gasteiger partial charge is 0.269 e. The summed E-state index contributed by atoms with van der Waals surface area (Å²) in [6.07, 6.45) is 5.24. The topological polar surface area (TPSA) is 84.8 Å². The van der Waals surface area contributed by atoms with Gasteiger partial charge in [0.15, 0.2) is 0 Å². The first-order valence-corrected chi connectivity index (χ1v) is 8.12. The molecule has 1 amide bonds. The minimum absolute atomic E-state index is 0.164. The summed E-state index contributed by atoms with van der Waals surface area (Å²) in [5.74, 6) is 0.714. The van der Waals surface area contributed by atoms with Gasteiger partial charge in [-0.05, 0) is 30.5 Å². The van der Waals surface area contributed by atoms with Gasteiger partial charge in [0.05, 0.1) is 19.0 Å². The first-order chi connectivity index (χ1) is 12.2. The zero-order valence-corrected chi connectivity index (χ0v) is 14.3. The Balaban J connectivity index is 1.50. The Kier molecular flexibility index (Phi) is 5.13. The largest absolute Gasteiger partial charge is 0.496 e. The van der Waals surface area contributed by atoms with Gasteiger partial charge in [-0.1, -0.05) is 18.2 Å². The molecule has 2 aromatic heterocycles. The van der Waals surface area contributed by atoms with Crippen molar-refractivity contribution in [3.05, 3.63) is 54.0 Å². The fourth-order valence-corrected chi connectivity index (χ4v) is 2.62. The van der Waals surface area contributed by atoms with E-state index >= 15 is 0 Å². The molecular formula is C18H21N5O2. The highest BCUT2D eigenvalue weighted by atomic mass is 16.5. The lowest BCUT2D eigenvalue weighted by molar-refractivity contribution is 0.0948. The number of carbonyl (C=O) groups excluding carboxylic acids is 1. The van der Waals surface area contributed by atoms with Gasteiger partial charge < -0.3 is 10.1 Å². The van der Waals surface area contributed by atoms with Crippen molar-refractivity contribution in [2.45, 2.75) is 12.8 Å². The number of aromatic amines is 1. The molecule has 0 spiro atoms. The van der Waals surface area contributed by atoms with E-state index in [1.54, 1.807) is 24.1 Å². The van der Waals surface area contributed by atoms with Crippen LogP contribution in [0.3, 0.4) is 0 Å². The van der Waals surface area contributed by atoms with E-state index in [1.165, 1.54) is 0 Å². The lowest BCUT2D eigenvalue weighted by atomic mass is 10.1. The number of para-hydroxylation sites is 1. The van der Waals surface area contributed by atoms with Crippen molar-refractivity contribution >= 4 is 5.91 Å². The number of carbonyl (C=O) groups is 1. The number of ether oxygens (including phenoxy) is 1. The van der Waals surface area contributed by atoms with Crippen LogP contribution in [-0.2, 0) is 13.5 Å². The summed E-state index contributed by atoms with van der Waals surface area (Å²) in [5.41, 5.74) is 3.15. The molecule has 1 aromatic carbocycles. The van der Waals surface area contributed by atoms with E-state index in [-0.39, 0.29) is 5.91 Å². The predicted molar refractivity (Wildman–Crippen MR) is 94.4 cm³/mol. The molecule has 2 heterocycles. The number of hydrogen-bond acceptors (Lipinski definition) is 4. The number of aryl methyl sites for hydroxylation is 2. The van der Waals surface area contributed by atoms with Gasteiger partial charge in [0, 0.05) is 25.4 Å². The summed E-state index contributed by atoms with van der Waals surface area (Å²) in [6.45, 7) is 0.581. The monoisotopic (exact) mass is 339 g/mol. The molecule has 130 valence electrons. The third kappa shape index (κ3) is 4.06. The molecule has 2 N–H and O–H groups in total. The minimum Gasteiger partial charge on any atom is -0.496 e. The second-order valence-corrected chi connectivity index (χ2v) is 5.74. The first kappa shape index (κ1) is 16.8. The van der Waals surface area contributed by atoms with E-state index in [9.17, 15) is 4.79 Å². The van der Waals surface area contributed by atoms with Gasteiger partial charge in [-0.15, -0.1) is 0 Å². The van der Waals surface area contributed by atoms with E-state index in [0.29, 0.717) is 17.9 Å². The third-order valence-electron chi connectivity index (χ3n) is 3.92. The van der Waals surface area contributed by atoms with E-state index < -0.39 is 0 Å². The molecule has 0 saturated heterocycles. The quantitative estimate of drug-likeness (QED) is 0.646. The standard InChI is InChI=1S/C18H21N5O2/c1-23-12-14(11-20-23)15-10-16(22-21-15)18(24)19-9-5-7-13-6-3-4-8-17(13)25-2/h3-4,6,8,10-12H,5,7,9H2,1-2H3,(H,19,24)(H,21,22). The third-order valence-corrected chi connectivity index (χ3v) is 3.92. The molecule has 0 aliphatic carbocycles. The van der Waals surface area contributed by atoms with Gasteiger partial charge in [-0.2, -0.15) is 10.2 Å². The maximum absolute atomic E-state index is 12.2. The number of rotatable bonds is 7. The lowest BCUT2D eigenvalue weighted by Gasteiger charge is -2.08. The van der Waals surface area contributed by atoms with E-state index in [2.05, 4.69) is 20.6 Å². The Hall–Kier alpha value is -3.09. The zero-order chi connectivity index (χ0) is 17.6.